The van der Waals surface area contributed by atoms with Crippen molar-refractivity contribution >= 4 is 21.6 Å². The van der Waals surface area contributed by atoms with Gasteiger partial charge < -0.3 is 0 Å². The molecule has 0 N–H and O–H groups in total. The quantitative estimate of drug-likeness (QED) is 0.714. The Balaban J connectivity index is 1.95. The van der Waals surface area contributed by atoms with Crippen molar-refractivity contribution in [1.29, 1.82) is 10.5 Å². The molecule has 3 rings (SSSR count). The Labute approximate surface area is 143 Å². The molecule has 6 heteroatoms. The van der Waals surface area contributed by atoms with Crippen LogP contribution in [0.1, 0.15) is 12.8 Å². The molecule has 0 radical (unpaired) electrons. The number of hydrogen-bond donors (Lipinski definition) is 0. The summed E-state index contributed by atoms with van der Waals surface area (Å²) in [7, 11) is 0. The van der Waals surface area contributed by atoms with E-state index >= 15 is 0 Å². The summed E-state index contributed by atoms with van der Waals surface area (Å²) >= 11 is 1.48. The third-order valence-electron chi connectivity index (χ3n) is 3.78. The summed E-state index contributed by atoms with van der Waals surface area (Å²) in [5, 5.41) is 18.4. The molecule has 0 amide bonds. The van der Waals surface area contributed by atoms with Gasteiger partial charge in [0, 0.05) is 17.8 Å². The fourth-order valence-electron chi connectivity index (χ4n) is 2.51. The van der Waals surface area contributed by atoms with Crippen LogP contribution in [-0.2, 0) is 6.54 Å². The van der Waals surface area contributed by atoms with Gasteiger partial charge in [-0.3, -0.25) is 9.36 Å². The van der Waals surface area contributed by atoms with Gasteiger partial charge in [-0.05, 0) is 18.1 Å². The standard InChI is InChI=1S/C18H14N4OS/c19-8-4-5-13(10-20)11-22-12-21-17-15(18(22)23)9-16(24-17)14-6-2-1-3-7-14/h1-3,6-7,9,12-13H,4-5,11H2/t13-/m1/s1. The average molecular weight is 334 g/mol. The normalized spacial score (nSPS) is 11.8. The SMILES string of the molecule is N#CCC[C@H](C#N)Cn1cnc2sc(-c3ccccc3)cc2c1=O. The molecule has 1 aromatic carbocycles. The van der Waals surface area contributed by atoms with Crippen molar-refractivity contribution < 1.29 is 0 Å². The highest BCUT2D eigenvalue weighted by molar-refractivity contribution is 7.21. The Morgan fingerprint density at radius 2 is 2.04 bits per heavy atom. The first-order valence-corrected chi connectivity index (χ1v) is 8.35. The maximum absolute atomic E-state index is 12.7. The summed E-state index contributed by atoms with van der Waals surface area (Å²) < 4.78 is 1.47. The zero-order chi connectivity index (χ0) is 16.9. The van der Waals surface area contributed by atoms with Crippen LogP contribution in [0.2, 0.25) is 0 Å². The van der Waals surface area contributed by atoms with Crippen molar-refractivity contribution in [2.75, 3.05) is 0 Å². The molecule has 0 aliphatic rings. The minimum Gasteiger partial charge on any atom is -0.297 e. The number of nitriles is 2. The summed E-state index contributed by atoms with van der Waals surface area (Å²) in [5.41, 5.74) is 0.908. The van der Waals surface area contributed by atoms with E-state index in [0.29, 0.717) is 23.1 Å². The van der Waals surface area contributed by atoms with Gasteiger partial charge in [0.15, 0.2) is 0 Å². The second kappa shape index (κ2) is 7.08. The molecule has 0 aliphatic carbocycles. The van der Waals surface area contributed by atoms with E-state index in [9.17, 15) is 10.1 Å². The molecule has 24 heavy (non-hydrogen) atoms. The molecule has 2 aromatic heterocycles. The number of hydrogen-bond acceptors (Lipinski definition) is 5. The van der Waals surface area contributed by atoms with Crippen molar-refractivity contribution in [3.8, 4) is 22.6 Å². The molecule has 1 atom stereocenters. The minimum absolute atomic E-state index is 0.143. The van der Waals surface area contributed by atoms with E-state index in [1.807, 2.05) is 42.5 Å². The first kappa shape index (κ1) is 15.9. The van der Waals surface area contributed by atoms with Crippen molar-refractivity contribution in [3.05, 3.63) is 53.1 Å². The van der Waals surface area contributed by atoms with Gasteiger partial charge in [0.1, 0.15) is 4.83 Å². The Kier molecular flexibility index (Phi) is 4.69. The topological polar surface area (TPSA) is 82.5 Å². The van der Waals surface area contributed by atoms with E-state index in [1.54, 1.807) is 0 Å². The van der Waals surface area contributed by atoms with Gasteiger partial charge in [0.05, 0.1) is 29.8 Å². The highest BCUT2D eigenvalue weighted by Gasteiger charge is 2.13. The minimum atomic E-state index is -0.367. The maximum atomic E-state index is 12.7. The Bertz CT molecular complexity index is 992. The monoisotopic (exact) mass is 334 g/mol. The third-order valence-corrected chi connectivity index (χ3v) is 4.87. The van der Waals surface area contributed by atoms with E-state index < -0.39 is 0 Å². The fourth-order valence-corrected chi connectivity index (χ4v) is 3.50. The van der Waals surface area contributed by atoms with Crippen LogP contribution in [0, 0.1) is 28.6 Å². The van der Waals surface area contributed by atoms with Crippen molar-refractivity contribution in [3.63, 3.8) is 0 Å². The van der Waals surface area contributed by atoms with Gasteiger partial charge in [0.2, 0.25) is 0 Å². The lowest BCUT2D eigenvalue weighted by molar-refractivity contribution is 0.499. The van der Waals surface area contributed by atoms with Gasteiger partial charge in [-0.25, -0.2) is 4.98 Å². The van der Waals surface area contributed by atoms with Crippen molar-refractivity contribution in [1.82, 2.24) is 9.55 Å². The molecule has 0 saturated heterocycles. The first-order chi connectivity index (χ1) is 11.7. The molecule has 0 aliphatic heterocycles. The lowest BCUT2D eigenvalue weighted by Crippen LogP contribution is -2.23. The lowest BCUT2D eigenvalue weighted by atomic mass is 10.1. The predicted octanol–water partition coefficient (Wildman–Crippen LogP) is 3.57. The highest BCUT2D eigenvalue weighted by Crippen LogP contribution is 2.30. The molecular formula is C18H14N4OS. The number of rotatable bonds is 5. The number of aromatic nitrogens is 2. The van der Waals surface area contributed by atoms with Crippen LogP contribution >= 0.6 is 11.3 Å². The van der Waals surface area contributed by atoms with Crippen molar-refractivity contribution in [2.45, 2.75) is 19.4 Å². The van der Waals surface area contributed by atoms with E-state index in [-0.39, 0.29) is 18.0 Å². The highest BCUT2D eigenvalue weighted by atomic mass is 32.1. The number of benzene rings is 1. The maximum Gasteiger partial charge on any atom is 0.262 e. The molecule has 118 valence electrons. The summed E-state index contributed by atoms with van der Waals surface area (Å²) in [5.74, 6) is -0.367. The Hall–Kier alpha value is -2.96. The summed E-state index contributed by atoms with van der Waals surface area (Å²) in [6.07, 6.45) is 2.25. The summed E-state index contributed by atoms with van der Waals surface area (Å²) in [6.45, 7) is 0.260. The zero-order valence-electron chi connectivity index (χ0n) is 12.8. The number of thiophene rings is 1. The van der Waals surface area contributed by atoms with Gasteiger partial charge in [-0.2, -0.15) is 10.5 Å². The molecule has 5 nitrogen and oxygen atoms in total. The zero-order valence-corrected chi connectivity index (χ0v) is 13.7. The van der Waals surface area contributed by atoms with Crippen LogP contribution in [0.5, 0.6) is 0 Å². The van der Waals surface area contributed by atoms with Crippen LogP contribution in [0.4, 0.5) is 0 Å². The smallest absolute Gasteiger partial charge is 0.262 e. The van der Waals surface area contributed by atoms with E-state index in [2.05, 4.69) is 11.1 Å². The molecule has 3 aromatic rings. The third kappa shape index (κ3) is 3.19. The van der Waals surface area contributed by atoms with Crippen molar-refractivity contribution in [2.24, 2.45) is 5.92 Å². The molecule has 0 saturated carbocycles. The predicted molar refractivity (Wildman–Crippen MR) is 93.3 cm³/mol. The number of fused-ring (bicyclic) bond motifs is 1. The van der Waals surface area contributed by atoms with E-state index in [4.69, 9.17) is 5.26 Å². The molecule has 2 heterocycles. The van der Waals surface area contributed by atoms with E-state index in [0.717, 1.165) is 10.4 Å². The van der Waals surface area contributed by atoms with Gasteiger partial charge in [0.25, 0.3) is 5.56 Å². The van der Waals surface area contributed by atoms with Crippen LogP contribution in [-0.4, -0.2) is 9.55 Å². The Morgan fingerprint density at radius 3 is 2.75 bits per heavy atom. The lowest BCUT2D eigenvalue weighted by Gasteiger charge is -2.09. The molecule has 0 spiro atoms. The second-order valence-corrected chi connectivity index (χ2v) is 6.45. The van der Waals surface area contributed by atoms with Crippen LogP contribution in [0.25, 0.3) is 20.7 Å². The van der Waals surface area contributed by atoms with Crippen LogP contribution in [0.15, 0.2) is 47.5 Å². The first-order valence-electron chi connectivity index (χ1n) is 7.54. The van der Waals surface area contributed by atoms with Crippen LogP contribution < -0.4 is 5.56 Å². The van der Waals surface area contributed by atoms with E-state index in [1.165, 1.54) is 22.2 Å². The fraction of sp³-hybridized carbons (Fsp3) is 0.222. The summed E-state index contributed by atoms with van der Waals surface area (Å²) in [6, 6.07) is 15.9. The van der Waals surface area contributed by atoms with Gasteiger partial charge in [-0.15, -0.1) is 11.3 Å². The molecule has 0 bridgehead atoms. The summed E-state index contributed by atoms with van der Waals surface area (Å²) in [4.78, 5) is 18.7. The second-order valence-electron chi connectivity index (χ2n) is 5.42. The van der Waals surface area contributed by atoms with Crippen LogP contribution in [0.3, 0.4) is 0 Å². The molecule has 0 fully saturated rings. The average Bonchev–Trinajstić information content (AvgIpc) is 3.06. The van der Waals surface area contributed by atoms with Gasteiger partial charge in [-0.1, -0.05) is 30.3 Å². The number of nitrogens with zero attached hydrogens (tertiary/aromatic N) is 4. The molecular weight excluding hydrogens is 320 g/mol. The molecule has 0 unspecified atom stereocenters. The van der Waals surface area contributed by atoms with Gasteiger partial charge >= 0.3 is 0 Å². The largest absolute Gasteiger partial charge is 0.297 e. The Morgan fingerprint density at radius 1 is 1.25 bits per heavy atom.